The Labute approximate surface area is 120 Å². The molecular formula is C12H14N6O3. The van der Waals surface area contributed by atoms with Crippen molar-refractivity contribution < 1.29 is 14.7 Å². The van der Waals surface area contributed by atoms with Crippen LogP contribution >= 0.6 is 0 Å². The first-order valence-electron chi connectivity index (χ1n) is 6.15. The van der Waals surface area contributed by atoms with Gasteiger partial charge in [0.15, 0.2) is 0 Å². The third kappa shape index (κ3) is 4.00. The van der Waals surface area contributed by atoms with Gasteiger partial charge < -0.3 is 5.11 Å². The number of nitrogens with zero attached hydrogens (tertiary/aromatic N) is 5. The molecule has 0 spiro atoms. The topological polar surface area (TPSA) is 113 Å². The predicted octanol–water partition coefficient (Wildman–Crippen LogP) is 0.723. The first kappa shape index (κ1) is 14.4. The monoisotopic (exact) mass is 290 g/mol. The van der Waals surface area contributed by atoms with Crippen molar-refractivity contribution >= 4 is 23.6 Å². The van der Waals surface area contributed by atoms with Crippen LogP contribution in [0.2, 0.25) is 0 Å². The minimum absolute atomic E-state index is 0.0332. The van der Waals surface area contributed by atoms with Crippen molar-refractivity contribution in [2.24, 2.45) is 7.05 Å². The number of carboxylic acids is 1. The number of urea groups is 1. The van der Waals surface area contributed by atoms with Gasteiger partial charge in [0.1, 0.15) is 0 Å². The first-order valence-corrected chi connectivity index (χ1v) is 6.15. The minimum Gasteiger partial charge on any atom is -0.481 e. The molecule has 1 aromatic carbocycles. The number of aliphatic carboxylic acids is 1. The van der Waals surface area contributed by atoms with Crippen LogP contribution in [0.4, 0.5) is 16.4 Å². The van der Waals surface area contributed by atoms with Gasteiger partial charge in [0.05, 0.1) is 13.5 Å². The molecule has 0 fully saturated rings. The largest absolute Gasteiger partial charge is 0.481 e. The molecule has 0 atom stereocenters. The molecule has 0 unspecified atom stereocenters. The predicted molar refractivity (Wildman–Crippen MR) is 73.9 cm³/mol. The second-order valence-electron chi connectivity index (χ2n) is 4.16. The molecule has 110 valence electrons. The number of nitrogens with one attached hydrogen (secondary N) is 1. The van der Waals surface area contributed by atoms with Crippen LogP contribution in [0, 0.1) is 0 Å². The number of aromatic nitrogens is 4. The van der Waals surface area contributed by atoms with Gasteiger partial charge in [0, 0.05) is 12.2 Å². The van der Waals surface area contributed by atoms with E-state index in [-0.39, 0.29) is 18.9 Å². The minimum atomic E-state index is -0.985. The van der Waals surface area contributed by atoms with Gasteiger partial charge >= 0.3 is 12.0 Å². The van der Waals surface area contributed by atoms with Crippen molar-refractivity contribution in [3.05, 3.63) is 30.3 Å². The number of hydrogen-bond donors (Lipinski definition) is 2. The zero-order valence-corrected chi connectivity index (χ0v) is 11.3. The smallest absolute Gasteiger partial charge is 0.328 e. The molecule has 0 aliphatic heterocycles. The number of carbonyl (C=O) groups excluding carboxylic acids is 1. The summed E-state index contributed by atoms with van der Waals surface area (Å²) in [6.45, 7) is 0.0332. The Morgan fingerprint density at radius 2 is 2.05 bits per heavy atom. The van der Waals surface area contributed by atoms with E-state index in [1.807, 2.05) is 0 Å². The molecule has 0 aliphatic rings. The lowest BCUT2D eigenvalue weighted by Crippen LogP contribution is -2.37. The van der Waals surface area contributed by atoms with E-state index in [4.69, 9.17) is 5.11 Å². The number of carboxylic acid groups (broad SMARTS) is 1. The molecule has 2 aromatic rings. The molecule has 0 bridgehead atoms. The average molecular weight is 290 g/mol. The van der Waals surface area contributed by atoms with E-state index >= 15 is 0 Å². The highest BCUT2D eigenvalue weighted by molar-refractivity contribution is 6.00. The molecule has 1 aromatic heterocycles. The van der Waals surface area contributed by atoms with Crippen LogP contribution in [0.15, 0.2) is 30.3 Å². The Bertz CT molecular complexity index is 627. The third-order valence-corrected chi connectivity index (χ3v) is 2.59. The fourth-order valence-corrected chi connectivity index (χ4v) is 1.66. The zero-order valence-electron chi connectivity index (χ0n) is 11.3. The number of amides is 2. The summed E-state index contributed by atoms with van der Waals surface area (Å²) in [6, 6.07) is 8.24. The highest BCUT2D eigenvalue weighted by Gasteiger charge is 2.18. The van der Waals surface area contributed by atoms with Crippen LogP contribution in [0.5, 0.6) is 0 Å². The Kier molecular flexibility index (Phi) is 4.44. The van der Waals surface area contributed by atoms with E-state index in [9.17, 15) is 9.59 Å². The van der Waals surface area contributed by atoms with Gasteiger partial charge in [-0.1, -0.05) is 23.3 Å². The number of para-hydroxylation sites is 1. The van der Waals surface area contributed by atoms with Gasteiger partial charge in [-0.15, -0.1) is 5.10 Å². The number of benzene rings is 1. The molecule has 2 amide bonds. The van der Waals surface area contributed by atoms with Crippen molar-refractivity contribution in [2.75, 3.05) is 16.8 Å². The highest BCUT2D eigenvalue weighted by atomic mass is 16.4. The SMILES string of the molecule is Cn1nnc(NC(=O)N(CCC(=O)O)c2ccccc2)n1. The van der Waals surface area contributed by atoms with Crippen LogP contribution in [0.3, 0.4) is 0 Å². The van der Waals surface area contributed by atoms with Gasteiger partial charge in [-0.25, -0.2) is 4.79 Å². The summed E-state index contributed by atoms with van der Waals surface area (Å²) in [6.07, 6.45) is -0.170. The van der Waals surface area contributed by atoms with E-state index in [2.05, 4.69) is 20.7 Å². The van der Waals surface area contributed by atoms with Crippen LogP contribution in [0.1, 0.15) is 6.42 Å². The maximum absolute atomic E-state index is 12.2. The van der Waals surface area contributed by atoms with Gasteiger partial charge in [-0.3, -0.25) is 15.0 Å². The van der Waals surface area contributed by atoms with Gasteiger partial charge in [0.2, 0.25) is 0 Å². The Morgan fingerprint density at radius 1 is 1.33 bits per heavy atom. The number of hydrogen-bond acceptors (Lipinski definition) is 5. The first-order chi connectivity index (χ1) is 10.1. The molecule has 0 radical (unpaired) electrons. The van der Waals surface area contributed by atoms with Gasteiger partial charge in [-0.2, -0.15) is 4.80 Å². The molecule has 1 heterocycles. The van der Waals surface area contributed by atoms with Gasteiger partial charge in [0.25, 0.3) is 5.95 Å². The quantitative estimate of drug-likeness (QED) is 0.839. The number of carbonyl (C=O) groups is 2. The summed E-state index contributed by atoms with van der Waals surface area (Å²) in [5.41, 5.74) is 0.583. The van der Waals surface area contributed by atoms with E-state index in [0.717, 1.165) is 0 Å². The lowest BCUT2D eigenvalue weighted by atomic mass is 10.3. The summed E-state index contributed by atoms with van der Waals surface area (Å²) in [5.74, 6) is -0.930. The molecule has 0 aliphatic carbocycles. The molecule has 2 rings (SSSR count). The van der Waals surface area contributed by atoms with Crippen LogP contribution < -0.4 is 10.2 Å². The highest BCUT2D eigenvalue weighted by Crippen LogP contribution is 2.15. The van der Waals surface area contributed by atoms with Crippen molar-refractivity contribution in [1.82, 2.24) is 20.2 Å². The second kappa shape index (κ2) is 6.46. The molecule has 0 saturated heterocycles. The standard InChI is InChI=1S/C12H14N6O3/c1-17-15-11(14-16-17)13-12(21)18(8-7-10(19)20)9-5-3-2-4-6-9/h2-6H,7-8H2,1H3,(H,19,20)(H,13,15,21). The summed E-state index contributed by atoms with van der Waals surface area (Å²) in [5, 5.41) is 22.4. The van der Waals surface area contributed by atoms with Gasteiger partial charge in [-0.05, 0) is 17.3 Å². The molecule has 2 N–H and O–H groups in total. The van der Waals surface area contributed by atoms with E-state index in [0.29, 0.717) is 5.69 Å². The molecular weight excluding hydrogens is 276 g/mol. The average Bonchev–Trinajstić information content (AvgIpc) is 2.85. The van der Waals surface area contributed by atoms with Crippen molar-refractivity contribution in [2.45, 2.75) is 6.42 Å². The van der Waals surface area contributed by atoms with Crippen LogP contribution in [-0.4, -0.2) is 43.9 Å². The molecule has 9 heteroatoms. The van der Waals surface area contributed by atoms with E-state index < -0.39 is 12.0 Å². The summed E-state index contributed by atoms with van der Waals surface area (Å²) < 4.78 is 0. The lowest BCUT2D eigenvalue weighted by Gasteiger charge is -2.21. The number of tetrazole rings is 1. The molecule has 0 saturated carbocycles. The maximum atomic E-state index is 12.2. The van der Waals surface area contributed by atoms with E-state index in [1.54, 1.807) is 37.4 Å². The number of anilines is 2. The molecule has 21 heavy (non-hydrogen) atoms. The summed E-state index contributed by atoms with van der Waals surface area (Å²) in [7, 11) is 1.57. The number of aryl methyl sites for hydroxylation is 1. The van der Waals surface area contributed by atoms with Crippen molar-refractivity contribution in [3.63, 3.8) is 0 Å². The van der Waals surface area contributed by atoms with Crippen LogP contribution in [-0.2, 0) is 11.8 Å². The fraction of sp³-hybridized carbons (Fsp3) is 0.250. The van der Waals surface area contributed by atoms with Crippen molar-refractivity contribution in [3.8, 4) is 0 Å². The van der Waals surface area contributed by atoms with Crippen molar-refractivity contribution in [1.29, 1.82) is 0 Å². The summed E-state index contributed by atoms with van der Waals surface area (Å²) >= 11 is 0. The Balaban J connectivity index is 2.14. The third-order valence-electron chi connectivity index (χ3n) is 2.59. The lowest BCUT2D eigenvalue weighted by molar-refractivity contribution is -0.136. The summed E-state index contributed by atoms with van der Waals surface area (Å²) in [4.78, 5) is 25.5. The van der Waals surface area contributed by atoms with Crippen LogP contribution in [0.25, 0.3) is 0 Å². The van der Waals surface area contributed by atoms with E-state index in [1.165, 1.54) is 9.70 Å². The second-order valence-corrected chi connectivity index (χ2v) is 4.16. The Morgan fingerprint density at radius 3 is 2.62 bits per heavy atom. The Hall–Kier alpha value is -2.97. The normalized spacial score (nSPS) is 10.1. The maximum Gasteiger partial charge on any atom is 0.328 e. The zero-order chi connectivity index (χ0) is 15.2. The number of rotatable bonds is 5. The molecule has 9 nitrogen and oxygen atoms in total. The fourth-order valence-electron chi connectivity index (χ4n) is 1.66.